The molecule has 0 atom stereocenters. The molecule has 1 heterocycles. The summed E-state index contributed by atoms with van der Waals surface area (Å²) in [5.74, 6) is -0.570. The molecule has 0 bridgehead atoms. The number of nitro groups is 1. The molecular formula is C26H19I2N3O6S. The van der Waals surface area contributed by atoms with Gasteiger partial charge < -0.3 is 9.84 Å². The maximum Gasteiger partial charge on any atom is 0.335 e. The first-order valence-electron chi connectivity index (χ1n) is 11.1. The third kappa shape index (κ3) is 6.53. The topological polar surface area (TPSA) is 122 Å². The van der Waals surface area contributed by atoms with Gasteiger partial charge in [-0.15, -0.1) is 0 Å². The summed E-state index contributed by atoms with van der Waals surface area (Å²) in [6.45, 7) is 2.45. The van der Waals surface area contributed by atoms with Crippen LogP contribution in [0.15, 0.2) is 70.6 Å². The van der Waals surface area contributed by atoms with Crippen LogP contribution in [0.25, 0.3) is 6.08 Å². The van der Waals surface area contributed by atoms with Crippen LogP contribution in [0, 0.1) is 17.3 Å². The van der Waals surface area contributed by atoms with Gasteiger partial charge >= 0.3 is 5.97 Å². The Morgan fingerprint density at radius 2 is 1.87 bits per heavy atom. The number of amides is 1. The molecule has 9 nitrogen and oxygen atoms in total. The smallest absolute Gasteiger partial charge is 0.335 e. The lowest BCUT2D eigenvalue weighted by atomic mass is 10.2. The van der Waals surface area contributed by atoms with Gasteiger partial charge in [-0.1, -0.05) is 18.2 Å². The molecule has 1 aliphatic rings. The number of hydrogen-bond donors (Lipinski definition) is 1. The van der Waals surface area contributed by atoms with Gasteiger partial charge in [0, 0.05) is 18.7 Å². The van der Waals surface area contributed by atoms with E-state index in [4.69, 9.17) is 4.74 Å². The lowest BCUT2D eigenvalue weighted by Crippen LogP contribution is -2.28. The normalized spacial score (nSPS) is 15.3. The molecule has 0 aliphatic carbocycles. The predicted molar refractivity (Wildman–Crippen MR) is 163 cm³/mol. The summed E-state index contributed by atoms with van der Waals surface area (Å²) in [4.78, 5) is 41.5. The number of thioether (sulfide) groups is 1. The number of nitro benzene ring substituents is 1. The second kappa shape index (κ2) is 12.3. The summed E-state index contributed by atoms with van der Waals surface area (Å²) >= 11 is 5.55. The van der Waals surface area contributed by atoms with Crippen LogP contribution in [0.3, 0.4) is 0 Å². The molecule has 12 heteroatoms. The third-order valence-electron chi connectivity index (χ3n) is 5.35. The zero-order valence-electron chi connectivity index (χ0n) is 19.8. The number of hydrogen-bond acceptors (Lipinski definition) is 7. The minimum atomic E-state index is -1.04. The number of halogens is 2. The number of carbonyl (C=O) groups excluding carboxylic acids is 1. The molecule has 38 heavy (non-hydrogen) atoms. The number of nitrogens with zero attached hydrogens (tertiary/aromatic N) is 3. The average Bonchev–Trinajstić information content (AvgIpc) is 3.17. The van der Waals surface area contributed by atoms with Crippen molar-refractivity contribution in [1.29, 1.82) is 0 Å². The quantitative estimate of drug-likeness (QED) is 0.118. The van der Waals surface area contributed by atoms with Crippen molar-refractivity contribution in [3.8, 4) is 5.75 Å². The first-order valence-corrected chi connectivity index (χ1v) is 14.1. The lowest BCUT2D eigenvalue weighted by molar-refractivity contribution is -0.384. The van der Waals surface area contributed by atoms with E-state index in [1.165, 1.54) is 36.0 Å². The van der Waals surface area contributed by atoms with Gasteiger partial charge in [0.25, 0.3) is 11.6 Å². The number of non-ortho nitro benzene ring substituents is 1. The average molecular weight is 755 g/mol. The first kappa shape index (κ1) is 28.0. The molecule has 3 aromatic rings. The number of aromatic carboxylic acids is 1. The van der Waals surface area contributed by atoms with Gasteiger partial charge in [-0.2, -0.15) is 0 Å². The molecule has 1 saturated heterocycles. The Hall–Kier alpha value is -2.98. The van der Waals surface area contributed by atoms with Crippen molar-refractivity contribution in [1.82, 2.24) is 4.90 Å². The van der Waals surface area contributed by atoms with E-state index in [0.29, 0.717) is 33.6 Å². The van der Waals surface area contributed by atoms with Crippen LogP contribution in [0.2, 0.25) is 0 Å². The van der Waals surface area contributed by atoms with Crippen molar-refractivity contribution >= 4 is 91.4 Å². The van der Waals surface area contributed by atoms with E-state index in [-0.39, 0.29) is 23.8 Å². The van der Waals surface area contributed by atoms with E-state index < -0.39 is 10.9 Å². The summed E-state index contributed by atoms with van der Waals surface area (Å²) in [5.41, 5.74) is 2.08. The van der Waals surface area contributed by atoms with Crippen molar-refractivity contribution in [3.63, 3.8) is 0 Å². The van der Waals surface area contributed by atoms with Crippen molar-refractivity contribution in [2.45, 2.75) is 13.5 Å². The largest absolute Gasteiger partial charge is 0.487 e. The number of carboxylic acid groups (broad SMARTS) is 1. The molecule has 0 spiro atoms. The Labute approximate surface area is 249 Å². The van der Waals surface area contributed by atoms with Crippen molar-refractivity contribution in [3.05, 3.63) is 99.5 Å². The lowest BCUT2D eigenvalue weighted by Gasteiger charge is -2.12. The number of amidine groups is 1. The van der Waals surface area contributed by atoms with Crippen molar-refractivity contribution in [2.24, 2.45) is 4.99 Å². The molecular weight excluding hydrogens is 736 g/mol. The monoisotopic (exact) mass is 755 g/mol. The highest BCUT2D eigenvalue weighted by Gasteiger charge is 2.32. The molecule has 4 rings (SSSR count). The first-order chi connectivity index (χ1) is 18.2. The van der Waals surface area contributed by atoms with Crippen molar-refractivity contribution in [2.75, 3.05) is 6.54 Å². The maximum absolute atomic E-state index is 13.1. The molecule has 1 amide bonds. The Morgan fingerprint density at radius 3 is 2.53 bits per heavy atom. The molecule has 1 aliphatic heterocycles. The fraction of sp³-hybridized carbons (Fsp3) is 0.115. The van der Waals surface area contributed by atoms with Crippen LogP contribution in [-0.4, -0.2) is 38.5 Å². The van der Waals surface area contributed by atoms with Crippen LogP contribution >= 0.6 is 56.9 Å². The molecule has 1 fully saturated rings. The molecule has 0 unspecified atom stereocenters. The molecule has 0 aromatic heterocycles. The van der Waals surface area contributed by atoms with Crippen LogP contribution in [0.4, 0.5) is 11.4 Å². The SMILES string of the molecule is CCN1C(=O)C(=Cc2cc(I)c(OCc3cccc([N+](=O)[O-])c3)c(I)c2)SC1=Nc1cccc(C(=O)O)c1. The fourth-order valence-electron chi connectivity index (χ4n) is 3.56. The molecule has 0 radical (unpaired) electrons. The second-order valence-electron chi connectivity index (χ2n) is 7.94. The summed E-state index contributed by atoms with van der Waals surface area (Å²) in [6.07, 6.45) is 1.79. The van der Waals surface area contributed by atoms with E-state index >= 15 is 0 Å². The molecule has 3 aromatic carbocycles. The predicted octanol–water partition coefficient (Wildman–Crippen LogP) is 6.71. The van der Waals surface area contributed by atoms with Gasteiger partial charge in [0.2, 0.25) is 0 Å². The van der Waals surface area contributed by atoms with Gasteiger partial charge in [-0.3, -0.25) is 19.8 Å². The number of carbonyl (C=O) groups is 2. The van der Waals surface area contributed by atoms with Gasteiger partial charge in [-0.25, -0.2) is 9.79 Å². The van der Waals surface area contributed by atoms with E-state index in [0.717, 1.165) is 12.7 Å². The van der Waals surface area contributed by atoms with Crippen LogP contribution in [-0.2, 0) is 11.4 Å². The van der Waals surface area contributed by atoms with Gasteiger partial charge in [-0.05, 0) is 111 Å². The summed E-state index contributed by atoms with van der Waals surface area (Å²) < 4.78 is 7.63. The standard InChI is InChI=1S/C26H19I2N3O6S/c1-2-30-24(32)22(38-26(30)29-18-7-4-6-17(13-18)25(33)34)12-16-10-20(27)23(21(28)11-16)37-14-15-5-3-8-19(9-15)31(35)36/h3-13H,2,14H2,1H3,(H,33,34). The summed E-state index contributed by atoms with van der Waals surface area (Å²) in [5, 5.41) is 20.7. The molecule has 0 saturated carbocycles. The fourth-order valence-corrected chi connectivity index (χ4v) is 6.75. The van der Waals surface area contributed by atoms with E-state index in [2.05, 4.69) is 50.2 Å². The van der Waals surface area contributed by atoms with Gasteiger partial charge in [0.05, 0.1) is 28.2 Å². The van der Waals surface area contributed by atoms with Gasteiger partial charge in [0.15, 0.2) is 5.17 Å². The number of aliphatic imine (C=N–C) groups is 1. The van der Waals surface area contributed by atoms with Crippen molar-refractivity contribution < 1.29 is 24.4 Å². The van der Waals surface area contributed by atoms with E-state index in [1.54, 1.807) is 35.2 Å². The Balaban J connectivity index is 1.55. The Kier molecular flexibility index (Phi) is 9.04. The number of likely N-dealkylation sites (N-methyl/N-ethyl adjacent to an activating group) is 1. The third-order valence-corrected chi connectivity index (χ3v) is 7.95. The number of carboxylic acids is 1. The van der Waals surface area contributed by atoms with Crippen LogP contribution in [0.1, 0.15) is 28.4 Å². The number of benzene rings is 3. The highest BCUT2D eigenvalue weighted by atomic mass is 127. The zero-order chi connectivity index (χ0) is 27.4. The number of ether oxygens (including phenoxy) is 1. The minimum absolute atomic E-state index is 0.00909. The zero-order valence-corrected chi connectivity index (χ0v) is 24.9. The van der Waals surface area contributed by atoms with E-state index in [1.807, 2.05) is 19.1 Å². The van der Waals surface area contributed by atoms with Crippen LogP contribution in [0.5, 0.6) is 5.75 Å². The highest BCUT2D eigenvalue weighted by molar-refractivity contribution is 14.1. The Bertz CT molecular complexity index is 1480. The minimum Gasteiger partial charge on any atom is -0.487 e. The molecule has 1 N–H and O–H groups in total. The second-order valence-corrected chi connectivity index (χ2v) is 11.3. The summed E-state index contributed by atoms with van der Waals surface area (Å²) in [6, 6.07) is 16.4. The van der Waals surface area contributed by atoms with Crippen LogP contribution < -0.4 is 4.74 Å². The highest BCUT2D eigenvalue weighted by Crippen LogP contribution is 2.36. The maximum atomic E-state index is 13.1. The summed E-state index contributed by atoms with van der Waals surface area (Å²) in [7, 11) is 0. The van der Waals surface area contributed by atoms with Gasteiger partial charge in [0.1, 0.15) is 12.4 Å². The molecule has 194 valence electrons. The Morgan fingerprint density at radius 1 is 1.16 bits per heavy atom. The number of rotatable bonds is 8. The van der Waals surface area contributed by atoms with E-state index in [9.17, 15) is 24.8 Å².